The predicted molar refractivity (Wildman–Crippen MR) is 76.1 cm³/mol. The van der Waals surface area contributed by atoms with E-state index in [1.807, 2.05) is 0 Å². The lowest BCUT2D eigenvalue weighted by molar-refractivity contribution is 0.573. The van der Waals surface area contributed by atoms with Crippen LogP contribution in [-0.2, 0) is 0 Å². The molecule has 1 saturated heterocycles. The van der Waals surface area contributed by atoms with Gasteiger partial charge in [0.25, 0.3) is 0 Å². The smallest absolute Gasteiger partial charge is 0.157 e. The standard InChI is InChI=1S/C13H23N5/c1-3-17(4-2)12-11(14)13(16-10-15-12)18-8-6-5-7-9-18/h10H,3-9,14H2,1-2H3. The minimum atomic E-state index is 0.725. The van der Waals surface area contributed by atoms with Crippen LogP contribution in [-0.4, -0.2) is 36.1 Å². The molecule has 18 heavy (non-hydrogen) atoms. The molecule has 1 aromatic rings. The first-order valence-electron chi connectivity index (χ1n) is 6.88. The molecule has 0 aliphatic carbocycles. The molecule has 0 unspecified atom stereocenters. The molecule has 0 amide bonds. The van der Waals surface area contributed by atoms with Crippen molar-refractivity contribution in [3.8, 4) is 0 Å². The summed E-state index contributed by atoms with van der Waals surface area (Å²) in [6, 6.07) is 0. The van der Waals surface area contributed by atoms with E-state index in [2.05, 4.69) is 33.6 Å². The van der Waals surface area contributed by atoms with Gasteiger partial charge in [-0.25, -0.2) is 9.97 Å². The van der Waals surface area contributed by atoms with Crippen molar-refractivity contribution in [3.05, 3.63) is 6.33 Å². The summed E-state index contributed by atoms with van der Waals surface area (Å²) in [6.07, 6.45) is 5.40. The quantitative estimate of drug-likeness (QED) is 0.883. The van der Waals surface area contributed by atoms with E-state index in [-0.39, 0.29) is 0 Å². The van der Waals surface area contributed by atoms with Crippen molar-refractivity contribution in [1.82, 2.24) is 9.97 Å². The first-order chi connectivity index (χ1) is 8.77. The first-order valence-corrected chi connectivity index (χ1v) is 6.88. The summed E-state index contributed by atoms with van der Waals surface area (Å²) in [7, 11) is 0. The minimum absolute atomic E-state index is 0.725. The highest BCUT2D eigenvalue weighted by Gasteiger charge is 2.19. The zero-order valence-corrected chi connectivity index (χ0v) is 11.4. The van der Waals surface area contributed by atoms with Crippen molar-refractivity contribution in [3.63, 3.8) is 0 Å². The molecule has 5 heteroatoms. The molecule has 2 heterocycles. The van der Waals surface area contributed by atoms with Crippen LogP contribution < -0.4 is 15.5 Å². The maximum atomic E-state index is 6.26. The summed E-state index contributed by atoms with van der Waals surface area (Å²) in [5.74, 6) is 1.78. The normalized spacial score (nSPS) is 15.8. The molecule has 1 aliphatic rings. The van der Waals surface area contributed by atoms with E-state index in [9.17, 15) is 0 Å². The highest BCUT2D eigenvalue weighted by atomic mass is 15.2. The van der Waals surface area contributed by atoms with Gasteiger partial charge in [0.2, 0.25) is 0 Å². The number of nitrogens with two attached hydrogens (primary N) is 1. The van der Waals surface area contributed by atoms with Gasteiger partial charge in [-0.3, -0.25) is 0 Å². The molecule has 0 bridgehead atoms. The van der Waals surface area contributed by atoms with Crippen LogP contribution in [0.5, 0.6) is 0 Å². The van der Waals surface area contributed by atoms with Crippen LogP contribution in [0.2, 0.25) is 0 Å². The van der Waals surface area contributed by atoms with Crippen molar-refractivity contribution >= 4 is 17.3 Å². The highest BCUT2D eigenvalue weighted by Crippen LogP contribution is 2.30. The maximum Gasteiger partial charge on any atom is 0.157 e. The third kappa shape index (κ3) is 2.49. The van der Waals surface area contributed by atoms with E-state index in [1.165, 1.54) is 19.3 Å². The van der Waals surface area contributed by atoms with E-state index in [4.69, 9.17) is 5.73 Å². The Balaban J connectivity index is 2.28. The summed E-state index contributed by atoms with van der Waals surface area (Å²) in [5, 5.41) is 0. The molecule has 0 aromatic carbocycles. The minimum Gasteiger partial charge on any atom is -0.393 e. The lowest BCUT2D eigenvalue weighted by Crippen LogP contribution is -2.32. The summed E-state index contributed by atoms with van der Waals surface area (Å²) < 4.78 is 0. The number of anilines is 3. The van der Waals surface area contributed by atoms with Crippen LogP contribution in [0.3, 0.4) is 0 Å². The van der Waals surface area contributed by atoms with Gasteiger partial charge in [-0.15, -0.1) is 0 Å². The fourth-order valence-electron chi connectivity index (χ4n) is 2.51. The van der Waals surface area contributed by atoms with Crippen LogP contribution in [0, 0.1) is 0 Å². The number of piperidine rings is 1. The van der Waals surface area contributed by atoms with Crippen LogP contribution in [0.1, 0.15) is 33.1 Å². The van der Waals surface area contributed by atoms with E-state index >= 15 is 0 Å². The number of nitrogen functional groups attached to an aromatic ring is 1. The second kappa shape index (κ2) is 5.89. The topological polar surface area (TPSA) is 58.3 Å². The fraction of sp³-hybridized carbons (Fsp3) is 0.692. The number of hydrogen-bond acceptors (Lipinski definition) is 5. The molecular weight excluding hydrogens is 226 g/mol. The molecule has 1 aromatic heterocycles. The second-order valence-corrected chi connectivity index (χ2v) is 4.65. The number of hydrogen-bond donors (Lipinski definition) is 1. The van der Waals surface area contributed by atoms with Gasteiger partial charge in [0.15, 0.2) is 11.6 Å². The molecule has 100 valence electrons. The van der Waals surface area contributed by atoms with E-state index in [0.717, 1.165) is 43.5 Å². The maximum absolute atomic E-state index is 6.26. The van der Waals surface area contributed by atoms with Crippen molar-refractivity contribution in [2.75, 3.05) is 41.7 Å². The predicted octanol–water partition coefficient (Wildman–Crippen LogP) is 1.90. The lowest BCUT2D eigenvalue weighted by Gasteiger charge is -2.30. The third-order valence-corrected chi connectivity index (χ3v) is 3.56. The second-order valence-electron chi connectivity index (χ2n) is 4.65. The lowest BCUT2D eigenvalue weighted by atomic mass is 10.1. The Morgan fingerprint density at radius 1 is 1.17 bits per heavy atom. The summed E-state index contributed by atoms with van der Waals surface area (Å²) in [5.41, 5.74) is 6.98. The molecule has 0 saturated carbocycles. The molecule has 0 atom stereocenters. The van der Waals surface area contributed by atoms with E-state index in [0.29, 0.717) is 0 Å². The monoisotopic (exact) mass is 249 g/mol. The van der Waals surface area contributed by atoms with Crippen LogP contribution in [0.25, 0.3) is 0 Å². The average molecular weight is 249 g/mol. The zero-order chi connectivity index (χ0) is 13.0. The summed E-state index contributed by atoms with van der Waals surface area (Å²) in [4.78, 5) is 13.2. The van der Waals surface area contributed by atoms with Gasteiger partial charge < -0.3 is 15.5 Å². The summed E-state index contributed by atoms with van der Waals surface area (Å²) in [6.45, 7) is 8.17. The van der Waals surface area contributed by atoms with Gasteiger partial charge in [0.05, 0.1) is 0 Å². The Bertz CT molecular complexity index is 383. The molecule has 2 rings (SSSR count). The van der Waals surface area contributed by atoms with Crippen molar-refractivity contribution in [1.29, 1.82) is 0 Å². The molecule has 5 nitrogen and oxygen atoms in total. The fourth-order valence-corrected chi connectivity index (χ4v) is 2.51. The Labute approximate surface area is 109 Å². The third-order valence-electron chi connectivity index (χ3n) is 3.56. The molecule has 1 aliphatic heterocycles. The van der Waals surface area contributed by atoms with Crippen LogP contribution >= 0.6 is 0 Å². The molecule has 2 N–H and O–H groups in total. The molecular formula is C13H23N5. The Kier molecular flexibility index (Phi) is 4.23. The number of aromatic nitrogens is 2. The summed E-state index contributed by atoms with van der Waals surface area (Å²) >= 11 is 0. The number of rotatable bonds is 4. The van der Waals surface area contributed by atoms with Gasteiger partial charge in [0.1, 0.15) is 12.0 Å². The number of nitrogens with zero attached hydrogens (tertiary/aromatic N) is 4. The van der Waals surface area contributed by atoms with Gasteiger partial charge in [0, 0.05) is 26.2 Å². The Morgan fingerprint density at radius 3 is 2.44 bits per heavy atom. The highest BCUT2D eigenvalue weighted by molar-refractivity contribution is 5.75. The van der Waals surface area contributed by atoms with Crippen LogP contribution in [0.4, 0.5) is 17.3 Å². The van der Waals surface area contributed by atoms with Gasteiger partial charge in [-0.1, -0.05) is 0 Å². The van der Waals surface area contributed by atoms with Gasteiger partial charge in [-0.05, 0) is 33.1 Å². The van der Waals surface area contributed by atoms with Gasteiger partial charge in [-0.2, -0.15) is 0 Å². The van der Waals surface area contributed by atoms with Gasteiger partial charge >= 0.3 is 0 Å². The molecule has 1 fully saturated rings. The zero-order valence-electron chi connectivity index (χ0n) is 11.4. The molecule has 0 spiro atoms. The first kappa shape index (κ1) is 12.9. The largest absolute Gasteiger partial charge is 0.393 e. The van der Waals surface area contributed by atoms with E-state index < -0.39 is 0 Å². The Hall–Kier alpha value is -1.52. The average Bonchev–Trinajstić information content (AvgIpc) is 2.43. The van der Waals surface area contributed by atoms with E-state index in [1.54, 1.807) is 6.33 Å². The van der Waals surface area contributed by atoms with Crippen molar-refractivity contribution < 1.29 is 0 Å². The van der Waals surface area contributed by atoms with Crippen LogP contribution in [0.15, 0.2) is 6.33 Å². The Morgan fingerprint density at radius 2 is 1.83 bits per heavy atom. The SMILES string of the molecule is CCN(CC)c1ncnc(N2CCCCC2)c1N. The van der Waals surface area contributed by atoms with Crippen molar-refractivity contribution in [2.45, 2.75) is 33.1 Å². The van der Waals surface area contributed by atoms with Crippen molar-refractivity contribution in [2.24, 2.45) is 0 Å². The molecule has 0 radical (unpaired) electrons.